The smallest absolute Gasteiger partial charge is 0.271 e. The number of carbonyl (C=O) groups excluding carboxylic acids is 1. The molecule has 5 aromatic rings. The van der Waals surface area contributed by atoms with Crippen molar-refractivity contribution in [3.05, 3.63) is 144 Å². The predicted octanol–water partition coefficient (Wildman–Crippen LogP) is 6.76. The Morgan fingerprint density at radius 3 is 2.30 bits per heavy atom. The number of benzene rings is 5. The third-order valence-corrected chi connectivity index (χ3v) is 5.88. The number of hydrazone groups is 1. The van der Waals surface area contributed by atoms with Crippen LogP contribution in [0.15, 0.2) is 126 Å². The molecule has 5 nitrogen and oxygen atoms in total. The van der Waals surface area contributed by atoms with E-state index in [1.54, 1.807) is 30.5 Å². The van der Waals surface area contributed by atoms with E-state index in [1.807, 2.05) is 72.8 Å². The topological polar surface area (TPSA) is 59.9 Å². The average molecular weight is 487 g/mol. The number of rotatable bonds is 9. The van der Waals surface area contributed by atoms with Gasteiger partial charge in [0.1, 0.15) is 24.7 Å². The fourth-order valence-electron chi connectivity index (χ4n) is 3.94. The number of fused-ring (bicyclic) bond motifs is 1. The second-order valence-electron chi connectivity index (χ2n) is 8.50. The molecule has 0 atom stereocenters. The minimum atomic E-state index is -0.297. The van der Waals surface area contributed by atoms with Gasteiger partial charge in [-0.1, -0.05) is 84.9 Å². The summed E-state index contributed by atoms with van der Waals surface area (Å²) >= 11 is 0. The zero-order chi connectivity index (χ0) is 25.3. The van der Waals surface area contributed by atoms with E-state index in [9.17, 15) is 4.79 Å². The van der Waals surface area contributed by atoms with E-state index in [-0.39, 0.29) is 5.91 Å². The summed E-state index contributed by atoms with van der Waals surface area (Å²) in [6.45, 7) is 0.936. The molecule has 5 heteroatoms. The Morgan fingerprint density at radius 1 is 0.703 bits per heavy atom. The molecule has 0 unspecified atom stereocenters. The molecule has 1 amide bonds. The molecule has 0 radical (unpaired) electrons. The zero-order valence-corrected chi connectivity index (χ0v) is 20.2. The molecule has 0 heterocycles. The van der Waals surface area contributed by atoms with Crippen LogP contribution in [0, 0.1) is 0 Å². The van der Waals surface area contributed by atoms with E-state index in [2.05, 4.69) is 34.8 Å². The minimum Gasteiger partial charge on any atom is -0.489 e. The van der Waals surface area contributed by atoms with Gasteiger partial charge in [0.15, 0.2) is 0 Å². The Labute approximate surface area is 216 Å². The normalized spacial score (nSPS) is 10.9. The summed E-state index contributed by atoms with van der Waals surface area (Å²) in [5, 5.41) is 6.48. The average Bonchev–Trinajstić information content (AvgIpc) is 2.96. The van der Waals surface area contributed by atoms with E-state index in [1.165, 1.54) is 10.8 Å². The van der Waals surface area contributed by atoms with Crippen LogP contribution in [0.4, 0.5) is 0 Å². The van der Waals surface area contributed by atoms with Gasteiger partial charge in [-0.25, -0.2) is 5.43 Å². The van der Waals surface area contributed by atoms with Crippen molar-refractivity contribution in [3.8, 4) is 11.5 Å². The summed E-state index contributed by atoms with van der Waals surface area (Å²) in [4.78, 5) is 12.5. The Kier molecular flexibility index (Phi) is 7.53. The fourth-order valence-corrected chi connectivity index (χ4v) is 3.94. The summed E-state index contributed by atoms with van der Waals surface area (Å²) in [7, 11) is 0. The quantitative estimate of drug-likeness (QED) is 0.185. The largest absolute Gasteiger partial charge is 0.489 e. The summed E-state index contributed by atoms with van der Waals surface area (Å²) in [6.07, 6.45) is 1.60. The van der Waals surface area contributed by atoms with Gasteiger partial charge in [0.05, 0.1) is 6.21 Å². The van der Waals surface area contributed by atoms with Gasteiger partial charge in [-0.3, -0.25) is 4.79 Å². The highest BCUT2D eigenvalue weighted by Crippen LogP contribution is 2.21. The molecule has 0 spiro atoms. The van der Waals surface area contributed by atoms with E-state index in [4.69, 9.17) is 9.47 Å². The Hall–Kier alpha value is -4.90. The summed E-state index contributed by atoms with van der Waals surface area (Å²) in [6, 6.07) is 39.0. The molecule has 0 fully saturated rings. The van der Waals surface area contributed by atoms with Crippen molar-refractivity contribution >= 4 is 22.9 Å². The van der Waals surface area contributed by atoms with Crippen LogP contribution in [0.3, 0.4) is 0 Å². The lowest BCUT2D eigenvalue weighted by molar-refractivity contribution is 0.0955. The van der Waals surface area contributed by atoms with Crippen molar-refractivity contribution in [2.75, 3.05) is 0 Å². The number of carbonyl (C=O) groups is 1. The highest BCUT2D eigenvalue weighted by atomic mass is 16.5. The van der Waals surface area contributed by atoms with Gasteiger partial charge in [0, 0.05) is 5.56 Å². The molecule has 0 aliphatic heterocycles. The third-order valence-electron chi connectivity index (χ3n) is 5.88. The molecule has 5 aromatic carbocycles. The molecule has 0 aromatic heterocycles. The van der Waals surface area contributed by atoms with Crippen LogP contribution in [0.1, 0.15) is 27.0 Å². The molecule has 0 saturated heterocycles. The van der Waals surface area contributed by atoms with E-state index in [0.717, 1.165) is 22.4 Å². The SMILES string of the molecule is O=C(N/N=C\c1cccc(OCc2cccc3ccccc23)c1)c1ccc(OCc2ccccc2)cc1. The van der Waals surface area contributed by atoms with Crippen LogP contribution in [0.2, 0.25) is 0 Å². The number of nitrogens with one attached hydrogen (secondary N) is 1. The Morgan fingerprint density at radius 2 is 1.43 bits per heavy atom. The maximum Gasteiger partial charge on any atom is 0.271 e. The molecule has 37 heavy (non-hydrogen) atoms. The molecular weight excluding hydrogens is 460 g/mol. The van der Waals surface area contributed by atoms with Crippen LogP contribution in [-0.2, 0) is 13.2 Å². The molecule has 0 aliphatic carbocycles. The van der Waals surface area contributed by atoms with Gasteiger partial charge in [0.25, 0.3) is 5.91 Å². The van der Waals surface area contributed by atoms with Crippen molar-refractivity contribution in [2.45, 2.75) is 13.2 Å². The lowest BCUT2D eigenvalue weighted by atomic mass is 10.1. The van der Waals surface area contributed by atoms with Crippen molar-refractivity contribution in [2.24, 2.45) is 5.10 Å². The molecule has 5 rings (SSSR count). The summed E-state index contributed by atoms with van der Waals surface area (Å²) in [5.74, 6) is 1.13. The fraction of sp³-hybridized carbons (Fsp3) is 0.0625. The van der Waals surface area contributed by atoms with Gasteiger partial charge in [-0.15, -0.1) is 0 Å². The first-order chi connectivity index (χ1) is 18.2. The third kappa shape index (κ3) is 6.41. The zero-order valence-electron chi connectivity index (χ0n) is 20.2. The van der Waals surface area contributed by atoms with Crippen LogP contribution in [0.5, 0.6) is 11.5 Å². The molecule has 0 aliphatic rings. The monoisotopic (exact) mass is 486 g/mol. The van der Waals surface area contributed by atoms with Crippen LogP contribution in [-0.4, -0.2) is 12.1 Å². The summed E-state index contributed by atoms with van der Waals surface area (Å²) < 4.78 is 11.8. The number of ether oxygens (including phenoxy) is 2. The maximum atomic E-state index is 12.5. The number of hydrogen-bond donors (Lipinski definition) is 1. The standard InChI is InChI=1S/C32H26N2O3/c35-32(27-16-18-29(19-17-27)36-22-24-8-2-1-3-9-24)34-33-21-25-10-6-14-30(20-25)37-23-28-13-7-12-26-11-4-5-15-31(26)28/h1-21H,22-23H2,(H,34,35)/b33-21-. The van der Waals surface area contributed by atoms with Gasteiger partial charge < -0.3 is 9.47 Å². The highest BCUT2D eigenvalue weighted by molar-refractivity contribution is 5.95. The first-order valence-corrected chi connectivity index (χ1v) is 12.0. The second kappa shape index (κ2) is 11.7. The molecule has 0 saturated carbocycles. The number of amides is 1. The van der Waals surface area contributed by atoms with E-state index in [0.29, 0.717) is 24.5 Å². The van der Waals surface area contributed by atoms with Gasteiger partial charge in [-0.05, 0) is 63.9 Å². The van der Waals surface area contributed by atoms with E-state index >= 15 is 0 Å². The molecule has 182 valence electrons. The van der Waals surface area contributed by atoms with Crippen LogP contribution < -0.4 is 14.9 Å². The highest BCUT2D eigenvalue weighted by Gasteiger charge is 2.05. The minimum absolute atomic E-state index is 0.297. The first kappa shape index (κ1) is 23.8. The Bertz CT molecular complexity index is 1510. The van der Waals surface area contributed by atoms with E-state index < -0.39 is 0 Å². The van der Waals surface area contributed by atoms with Crippen LogP contribution >= 0.6 is 0 Å². The first-order valence-electron chi connectivity index (χ1n) is 12.0. The van der Waals surface area contributed by atoms with Gasteiger partial charge in [0.2, 0.25) is 0 Å². The van der Waals surface area contributed by atoms with Crippen LogP contribution in [0.25, 0.3) is 10.8 Å². The second-order valence-corrected chi connectivity index (χ2v) is 8.50. The summed E-state index contributed by atoms with van der Waals surface area (Å²) in [5.41, 5.74) is 6.10. The maximum absolute atomic E-state index is 12.5. The lowest BCUT2D eigenvalue weighted by Crippen LogP contribution is -2.17. The van der Waals surface area contributed by atoms with Crippen molar-refractivity contribution in [3.63, 3.8) is 0 Å². The van der Waals surface area contributed by atoms with Crippen molar-refractivity contribution < 1.29 is 14.3 Å². The van der Waals surface area contributed by atoms with Gasteiger partial charge in [-0.2, -0.15) is 5.10 Å². The number of nitrogens with zero attached hydrogens (tertiary/aromatic N) is 1. The van der Waals surface area contributed by atoms with Crippen molar-refractivity contribution in [1.82, 2.24) is 5.43 Å². The molecular formula is C32H26N2O3. The molecule has 1 N–H and O–H groups in total. The molecule has 0 bridgehead atoms. The van der Waals surface area contributed by atoms with Gasteiger partial charge >= 0.3 is 0 Å². The van der Waals surface area contributed by atoms with Crippen molar-refractivity contribution in [1.29, 1.82) is 0 Å². The number of hydrogen-bond acceptors (Lipinski definition) is 4. The predicted molar refractivity (Wildman–Crippen MR) is 147 cm³/mol. The Balaban J connectivity index is 1.14. The lowest BCUT2D eigenvalue weighted by Gasteiger charge is -2.09.